The minimum Gasteiger partial charge on any atom is -0.352 e. The van der Waals surface area contributed by atoms with Crippen LogP contribution in [0, 0.1) is 0 Å². The number of hydrogen-bond donors (Lipinski definition) is 1. The van der Waals surface area contributed by atoms with Gasteiger partial charge in [-0.15, -0.1) is 6.58 Å². The summed E-state index contributed by atoms with van der Waals surface area (Å²) in [5.41, 5.74) is 2.70. The number of aromatic nitrogens is 1. The van der Waals surface area contributed by atoms with Crippen molar-refractivity contribution in [2.75, 3.05) is 0 Å². The molecule has 2 rings (SSSR count). The summed E-state index contributed by atoms with van der Waals surface area (Å²) in [4.78, 5) is 13.9. The maximum atomic E-state index is 10.8. The number of carbonyl (C=O) groups is 1. The van der Waals surface area contributed by atoms with Gasteiger partial charge < -0.3 is 4.98 Å². The molecule has 1 heterocycles. The van der Waals surface area contributed by atoms with Gasteiger partial charge in [0.25, 0.3) is 0 Å². The van der Waals surface area contributed by atoms with Gasteiger partial charge in [0.15, 0.2) is 6.29 Å². The van der Waals surface area contributed by atoms with Crippen LogP contribution in [0.15, 0.2) is 36.9 Å². The molecule has 1 N–H and O–H groups in total. The number of para-hydroxylation sites is 1. The number of carbonyl (C=O) groups excluding carboxylic acids is 1. The fourth-order valence-corrected chi connectivity index (χ4v) is 1.69. The van der Waals surface area contributed by atoms with Crippen LogP contribution in [0.1, 0.15) is 16.1 Å². The zero-order valence-electron chi connectivity index (χ0n) is 7.79. The Hall–Kier alpha value is -1.83. The van der Waals surface area contributed by atoms with Crippen molar-refractivity contribution in [3.63, 3.8) is 0 Å². The van der Waals surface area contributed by atoms with Crippen molar-refractivity contribution >= 4 is 17.2 Å². The molecule has 2 aromatic rings. The smallest absolute Gasteiger partial charge is 0.166 e. The van der Waals surface area contributed by atoms with E-state index < -0.39 is 0 Å². The molecule has 0 aliphatic carbocycles. The molecule has 2 heteroatoms. The molecule has 0 atom stereocenters. The topological polar surface area (TPSA) is 32.9 Å². The monoisotopic (exact) mass is 185 g/mol. The lowest BCUT2D eigenvalue weighted by molar-refractivity contribution is 0.111. The van der Waals surface area contributed by atoms with Crippen LogP contribution in [0.25, 0.3) is 10.9 Å². The Morgan fingerprint density at radius 1 is 1.36 bits per heavy atom. The molecular weight excluding hydrogens is 174 g/mol. The first-order valence-electron chi connectivity index (χ1n) is 4.52. The number of nitrogens with one attached hydrogen (secondary N) is 1. The van der Waals surface area contributed by atoms with Crippen LogP contribution in [0.4, 0.5) is 0 Å². The van der Waals surface area contributed by atoms with Crippen LogP contribution in [-0.4, -0.2) is 11.3 Å². The van der Waals surface area contributed by atoms with Gasteiger partial charge in [-0.25, -0.2) is 0 Å². The SMILES string of the molecule is C=CCc1c(C=O)[nH]c2ccccc12. The maximum Gasteiger partial charge on any atom is 0.166 e. The number of allylic oxidation sites excluding steroid dienone is 1. The summed E-state index contributed by atoms with van der Waals surface area (Å²) in [6.45, 7) is 3.69. The molecule has 0 fully saturated rings. The van der Waals surface area contributed by atoms with Crippen LogP contribution in [0.3, 0.4) is 0 Å². The van der Waals surface area contributed by atoms with E-state index in [0.717, 1.165) is 29.2 Å². The van der Waals surface area contributed by atoms with Crippen LogP contribution in [-0.2, 0) is 6.42 Å². The first kappa shape index (κ1) is 8.75. The third kappa shape index (κ3) is 1.25. The largest absolute Gasteiger partial charge is 0.352 e. The Bertz CT molecular complexity index is 482. The molecule has 0 bridgehead atoms. The van der Waals surface area contributed by atoms with Gasteiger partial charge in [0.1, 0.15) is 0 Å². The molecule has 0 amide bonds. The highest BCUT2D eigenvalue weighted by atomic mass is 16.1. The lowest BCUT2D eigenvalue weighted by Crippen LogP contribution is -1.86. The minimum atomic E-state index is 0.658. The Morgan fingerprint density at radius 2 is 2.14 bits per heavy atom. The second-order valence-corrected chi connectivity index (χ2v) is 3.17. The van der Waals surface area contributed by atoms with Crippen LogP contribution < -0.4 is 0 Å². The van der Waals surface area contributed by atoms with Gasteiger partial charge >= 0.3 is 0 Å². The summed E-state index contributed by atoms with van der Waals surface area (Å²) in [5.74, 6) is 0. The van der Waals surface area contributed by atoms with E-state index in [1.165, 1.54) is 0 Å². The Balaban J connectivity index is 2.73. The first-order valence-corrected chi connectivity index (χ1v) is 4.52. The van der Waals surface area contributed by atoms with E-state index in [-0.39, 0.29) is 0 Å². The van der Waals surface area contributed by atoms with Crippen molar-refractivity contribution in [2.45, 2.75) is 6.42 Å². The van der Waals surface area contributed by atoms with Crippen molar-refractivity contribution < 1.29 is 4.79 Å². The van der Waals surface area contributed by atoms with Gasteiger partial charge in [-0.3, -0.25) is 4.79 Å². The Kier molecular flexibility index (Phi) is 2.19. The third-order valence-electron chi connectivity index (χ3n) is 2.31. The van der Waals surface area contributed by atoms with E-state index in [0.29, 0.717) is 5.69 Å². The standard InChI is InChI=1S/C12H11NO/c1-2-5-9-10-6-3-4-7-11(10)13-12(9)8-14/h2-4,6-8,13H,1,5H2. The third-order valence-corrected chi connectivity index (χ3v) is 2.31. The van der Waals surface area contributed by atoms with E-state index in [9.17, 15) is 4.79 Å². The van der Waals surface area contributed by atoms with Gasteiger partial charge in [0, 0.05) is 10.9 Å². The van der Waals surface area contributed by atoms with Gasteiger partial charge in [-0.1, -0.05) is 24.3 Å². The number of aldehydes is 1. The summed E-state index contributed by atoms with van der Waals surface area (Å²) in [6, 6.07) is 7.90. The second-order valence-electron chi connectivity index (χ2n) is 3.17. The molecule has 1 aromatic heterocycles. The Labute approximate surface area is 82.3 Å². The van der Waals surface area contributed by atoms with Crippen molar-refractivity contribution in [1.29, 1.82) is 0 Å². The highest BCUT2D eigenvalue weighted by Crippen LogP contribution is 2.21. The summed E-state index contributed by atoms with van der Waals surface area (Å²) < 4.78 is 0. The summed E-state index contributed by atoms with van der Waals surface area (Å²) in [7, 11) is 0. The van der Waals surface area contributed by atoms with E-state index in [1.807, 2.05) is 30.3 Å². The van der Waals surface area contributed by atoms with Crippen molar-refractivity contribution in [1.82, 2.24) is 4.98 Å². The Morgan fingerprint density at radius 3 is 2.86 bits per heavy atom. The van der Waals surface area contributed by atoms with Crippen LogP contribution >= 0.6 is 0 Å². The number of hydrogen-bond acceptors (Lipinski definition) is 1. The van der Waals surface area contributed by atoms with Crippen LogP contribution in [0.5, 0.6) is 0 Å². The minimum absolute atomic E-state index is 0.658. The van der Waals surface area contributed by atoms with Gasteiger partial charge in [0.2, 0.25) is 0 Å². The molecule has 0 radical (unpaired) electrons. The van der Waals surface area contributed by atoms with Crippen molar-refractivity contribution in [3.8, 4) is 0 Å². The average molecular weight is 185 g/mol. The zero-order chi connectivity index (χ0) is 9.97. The number of rotatable bonds is 3. The molecule has 0 saturated carbocycles. The molecular formula is C12H11NO. The highest BCUT2D eigenvalue weighted by molar-refractivity contribution is 5.92. The summed E-state index contributed by atoms with van der Waals surface area (Å²) >= 11 is 0. The van der Waals surface area contributed by atoms with E-state index >= 15 is 0 Å². The quantitative estimate of drug-likeness (QED) is 0.578. The zero-order valence-corrected chi connectivity index (χ0v) is 7.79. The molecule has 0 aliphatic rings. The number of fused-ring (bicyclic) bond motifs is 1. The second kappa shape index (κ2) is 3.50. The number of benzene rings is 1. The summed E-state index contributed by atoms with van der Waals surface area (Å²) in [6.07, 6.45) is 3.39. The van der Waals surface area contributed by atoms with E-state index in [2.05, 4.69) is 11.6 Å². The highest BCUT2D eigenvalue weighted by Gasteiger charge is 2.07. The first-order chi connectivity index (χ1) is 6.86. The van der Waals surface area contributed by atoms with Gasteiger partial charge in [0.05, 0.1) is 5.69 Å². The summed E-state index contributed by atoms with van der Waals surface area (Å²) in [5, 5.41) is 1.11. The number of aromatic amines is 1. The lowest BCUT2D eigenvalue weighted by Gasteiger charge is -1.93. The van der Waals surface area contributed by atoms with Gasteiger partial charge in [-0.2, -0.15) is 0 Å². The molecule has 14 heavy (non-hydrogen) atoms. The van der Waals surface area contributed by atoms with E-state index in [1.54, 1.807) is 0 Å². The molecule has 0 spiro atoms. The maximum absolute atomic E-state index is 10.8. The average Bonchev–Trinajstić information content (AvgIpc) is 2.58. The fourth-order valence-electron chi connectivity index (χ4n) is 1.69. The molecule has 70 valence electrons. The number of H-pyrrole nitrogens is 1. The van der Waals surface area contributed by atoms with Crippen molar-refractivity contribution in [3.05, 3.63) is 48.2 Å². The predicted molar refractivity (Wildman–Crippen MR) is 57.6 cm³/mol. The van der Waals surface area contributed by atoms with E-state index in [4.69, 9.17) is 0 Å². The van der Waals surface area contributed by atoms with Crippen LogP contribution in [0.2, 0.25) is 0 Å². The molecule has 1 aromatic carbocycles. The fraction of sp³-hybridized carbons (Fsp3) is 0.0833. The van der Waals surface area contributed by atoms with Crippen molar-refractivity contribution in [2.24, 2.45) is 0 Å². The molecule has 2 nitrogen and oxygen atoms in total. The molecule has 0 saturated heterocycles. The molecule has 0 unspecified atom stereocenters. The van der Waals surface area contributed by atoms with Gasteiger partial charge in [-0.05, 0) is 18.1 Å². The normalized spacial score (nSPS) is 10.3. The molecule has 0 aliphatic heterocycles. The lowest BCUT2D eigenvalue weighted by atomic mass is 10.1. The predicted octanol–water partition coefficient (Wildman–Crippen LogP) is 2.71.